The molecule has 0 bridgehead atoms. The van der Waals surface area contributed by atoms with Crippen molar-refractivity contribution in [3.8, 4) is 0 Å². The van der Waals surface area contributed by atoms with Gasteiger partial charge >= 0.3 is 5.97 Å². The Labute approximate surface area is 236 Å². The summed E-state index contributed by atoms with van der Waals surface area (Å²) in [6.07, 6.45) is 5.03. The molecule has 1 aliphatic carbocycles. The molecule has 1 heterocycles. The molecule has 2 aliphatic rings. The third kappa shape index (κ3) is 7.26. The number of hydrogen-bond acceptors (Lipinski definition) is 4. The predicted molar refractivity (Wildman–Crippen MR) is 162 cm³/mol. The van der Waals surface area contributed by atoms with Gasteiger partial charge in [-0.3, -0.25) is 4.79 Å². The van der Waals surface area contributed by atoms with E-state index in [0.29, 0.717) is 36.7 Å². The molecular weight excluding hydrogens is 579 g/mol. The fourth-order valence-electron chi connectivity index (χ4n) is 5.71. The van der Waals surface area contributed by atoms with E-state index in [-0.39, 0.29) is 23.2 Å². The van der Waals surface area contributed by atoms with Gasteiger partial charge in [0, 0.05) is 24.7 Å². The summed E-state index contributed by atoms with van der Waals surface area (Å²) in [7, 11) is -2.15. The Balaban J connectivity index is 2.53. The van der Waals surface area contributed by atoms with Crippen LogP contribution < -0.4 is 0 Å². The van der Waals surface area contributed by atoms with Crippen molar-refractivity contribution in [2.45, 2.75) is 124 Å². The Morgan fingerprint density at radius 3 is 2.25 bits per heavy atom. The third-order valence-electron chi connectivity index (χ3n) is 8.84. The van der Waals surface area contributed by atoms with Gasteiger partial charge in [0.2, 0.25) is 0 Å². The van der Waals surface area contributed by atoms with Gasteiger partial charge in [0.15, 0.2) is 8.32 Å². The lowest BCUT2D eigenvalue weighted by Crippen LogP contribution is -2.57. The zero-order chi connectivity index (χ0) is 27.9. The van der Waals surface area contributed by atoms with E-state index >= 15 is 0 Å². The van der Waals surface area contributed by atoms with Gasteiger partial charge in [0.1, 0.15) is 0 Å². The second-order valence-electron chi connectivity index (χ2n) is 14.3. The molecule has 1 aliphatic heterocycles. The molecule has 0 radical (unpaired) electrons. The summed E-state index contributed by atoms with van der Waals surface area (Å²) in [6.45, 7) is 30.9. The summed E-state index contributed by atoms with van der Waals surface area (Å²) in [5.41, 5.74) is 0.359. The molecule has 0 spiro atoms. The van der Waals surface area contributed by atoms with E-state index in [1.54, 1.807) is 0 Å². The molecule has 36 heavy (non-hydrogen) atoms. The Bertz CT molecular complexity index is 835. The number of rotatable bonds is 9. The van der Waals surface area contributed by atoms with E-state index in [9.17, 15) is 4.79 Å². The normalized spacial score (nSPS) is 28.9. The van der Waals surface area contributed by atoms with Gasteiger partial charge in [-0.05, 0) is 97.2 Å². The first-order chi connectivity index (χ1) is 16.2. The van der Waals surface area contributed by atoms with Crippen molar-refractivity contribution in [2.24, 2.45) is 29.1 Å². The highest BCUT2D eigenvalue weighted by Crippen LogP contribution is 2.54. The zero-order valence-electron chi connectivity index (χ0n) is 25.1. The fourth-order valence-corrected chi connectivity index (χ4v) is 7.84. The number of ether oxygens (including phenoxy) is 2. The van der Waals surface area contributed by atoms with Crippen LogP contribution in [-0.4, -0.2) is 38.7 Å². The van der Waals surface area contributed by atoms with Crippen LogP contribution in [0.15, 0.2) is 21.8 Å². The maximum atomic E-state index is 12.6. The van der Waals surface area contributed by atoms with Crippen LogP contribution in [0.25, 0.3) is 0 Å². The molecule has 0 aromatic rings. The van der Waals surface area contributed by atoms with Crippen LogP contribution in [0, 0.1) is 29.1 Å². The van der Waals surface area contributed by atoms with Crippen molar-refractivity contribution in [1.29, 1.82) is 0 Å². The van der Waals surface area contributed by atoms with Crippen LogP contribution in [0.5, 0.6) is 0 Å². The number of allylic oxidation sites excluding steroid dienone is 1. The summed E-state index contributed by atoms with van der Waals surface area (Å²) in [5, 5.41) is 0.0596. The monoisotopic (exact) mass is 632 g/mol. The standard InChI is InChI=1S/C30H53IO4Si/c1-19(2)22-15-14-20(3)24-23(18-21(4)31)34-26(25(22)24)30(11,35-36(12,13)29(8,9)10)16-17-33-27(32)28(5,6)7/h14,19,22-26H,4,15-18H2,1-3,5-13H3/t22-,23-,24-,25-,26-,30-/m1/s1. The third-order valence-corrected chi connectivity index (χ3v) is 13.9. The minimum absolute atomic E-state index is 0.0596. The molecule has 0 aromatic carbocycles. The molecule has 208 valence electrons. The van der Waals surface area contributed by atoms with Crippen LogP contribution in [0.4, 0.5) is 0 Å². The molecule has 6 atom stereocenters. The lowest BCUT2D eigenvalue weighted by Gasteiger charge is -2.49. The van der Waals surface area contributed by atoms with E-state index in [2.05, 4.69) is 96.8 Å². The Morgan fingerprint density at radius 2 is 1.78 bits per heavy atom. The molecule has 0 amide bonds. The van der Waals surface area contributed by atoms with Crippen molar-refractivity contribution in [3.63, 3.8) is 0 Å². The number of carbonyl (C=O) groups is 1. The van der Waals surface area contributed by atoms with Gasteiger partial charge in [-0.1, -0.05) is 52.8 Å². The Morgan fingerprint density at radius 1 is 1.19 bits per heavy atom. The molecule has 6 heteroatoms. The molecule has 0 aromatic heterocycles. The maximum absolute atomic E-state index is 12.6. The van der Waals surface area contributed by atoms with Gasteiger partial charge in [0.05, 0.1) is 29.8 Å². The van der Waals surface area contributed by atoms with Gasteiger partial charge in [-0.2, -0.15) is 0 Å². The minimum atomic E-state index is -2.15. The number of fused-ring (bicyclic) bond motifs is 1. The Hall–Kier alpha value is -0.183. The Kier molecular flexibility index (Phi) is 10.2. The summed E-state index contributed by atoms with van der Waals surface area (Å²) in [6, 6.07) is 0. The van der Waals surface area contributed by atoms with E-state index in [0.717, 1.165) is 16.4 Å². The topological polar surface area (TPSA) is 44.8 Å². The van der Waals surface area contributed by atoms with Crippen molar-refractivity contribution >= 4 is 36.9 Å². The smallest absolute Gasteiger partial charge is 0.311 e. The van der Waals surface area contributed by atoms with E-state index in [1.165, 1.54) is 5.57 Å². The second kappa shape index (κ2) is 11.5. The van der Waals surface area contributed by atoms with Crippen molar-refractivity contribution in [2.75, 3.05) is 6.61 Å². The van der Waals surface area contributed by atoms with Gasteiger partial charge in [0.25, 0.3) is 0 Å². The molecule has 0 unspecified atom stereocenters. The molecular formula is C30H53IO4Si. The van der Waals surface area contributed by atoms with Gasteiger partial charge < -0.3 is 13.9 Å². The zero-order valence-corrected chi connectivity index (χ0v) is 28.2. The highest BCUT2D eigenvalue weighted by Gasteiger charge is 2.58. The highest BCUT2D eigenvalue weighted by molar-refractivity contribution is 14.1. The SMILES string of the molecule is C=C(I)C[C@H]1O[C@@H]([C@@](C)(CCOC(=O)C(C)(C)C)O[Si](C)(C)C(C)(C)C)[C@H]2[C@@H]1C(C)=CC[C@@H]2C(C)C. The van der Waals surface area contributed by atoms with Crippen LogP contribution in [0.1, 0.15) is 88.5 Å². The lowest BCUT2D eigenvalue weighted by molar-refractivity contribution is -0.157. The maximum Gasteiger partial charge on any atom is 0.311 e. The molecule has 0 saturated carbocycles. The van der Waals surface area contributed by atoms with E-state index in [4.69, 9.17) is 13.9 Å². The summed E-state index contributed by atoms with van der Waals surface area (Å²) >= 11 is 2.34. The number of halogens is 1. The second-order valence-corrected chi connectivity index (χ2v) is 20.6. The predicted octanol–water partition coefficient (Wildman–Crippen LogP) is 8.71. The van der Waals surface area contributed by atoms with Crippen LogP contribution in [-0.2, 0) is 18.7 Å². The molecule has 4 nitrogen and oxygen atoms in total. The van der Waals surface area contributed by atoms with Crippen LogP contribution in [0.2, 0.25) is 18.1 Å². The average molecular weight is 633 g/mol. The molecule has 2 rings (SSSR count). The fraction of sp³-hybridized carbons (Fsp3) is 0.833. The molecule has 0 N–H and O–H groups in total. The molecule has 1 saturated heterocycles. The first-order valence-corrected chi connectivity index (χ1v) is 17.7. The van der Waals surface area contributed by atoms with Crippen molar-refractivity contribution in [3.05, 3.63) is 21.8 Å². The largest absolute Gasteiger partial charge is 0.465 e. The first kappa shape index (κ1) is 32.0. The number of carbonyl (C=O) groups excluding carboxylic acids is 1. The summed E-state index contributed by atoms with van der Waals surface area (Å²) < 4.78 is 21.3. The summed E-state index contributed by atoms with van der Waals surface area (Å²) in [4.78, 5) is 12.6. The van der Waals surface area contributed by atoms with Gasteiger partial charge in [-0.25, -0.2) is 0 Å². The quantitative estimate of drug-likeness (QED) is 0.110. The van der Waals surface area contributed by atoms with E-state index in [1.807, 2.05) is 20.8 Å². The van der Waals surface area contributed by atoms with Crippen LogP contribution >= 0.6 is 22.6 Å². The van der Waals surface area contributed by atoms with Gasteiger partial charge in [-0.15, -0.1) is 0 Å². The minimum Gasteiger partial charge on any atom is -0.465 e. The van der Waals surface area contributed by atoms with E-state index < -0.39 is 19.3 Å². The molecule has 1 fully saturated rings. The first-order valence-electron chi connectivity index (χ1n) is 13.7. The average Bonchev–Trinajstić information content (AvgIpc) is 3.06. The highest BCUT2D eigenvalue weighted by atomic mass is 127. The van der Waals surface area contributed by atoms with Crippen molar-refractivity contribution < 1.29 is 18.7 Å². The van der Waals surface area contributed by atoms with Crippen LogP contribution in [0.3, 0.4) is 0 Å². The van der Waals surface area contributed by atoms with Crippen molar-refractivity contribution in [1.82, 2.24) is 0 Å². The lowest BCUT2D eigenvalue weighted by atomic mass is 9.63. The summed E-state index contributed by atoms with van der Waals surface area (Å²) in [5.74, 6) is 1.63. The number of hydrogen-bond donors (Lipinski definition) is 0. The number of esters is 1.